The SMILES string of the molecule is COc1cc(/C=C2\CCCN3C2=NOC(CO)[C@@H]3c2cc(C)cc(F)c2)ccc1-n1cnc(C)c1. The number of imidazole rings is 1. The predicted octanol–water partition coefficient (Wildman–Crippen LogP) is 4.56. The largest absolute Gasteiger partial charge is 0.495 e. The molecule has 0 saturated carbocycles. The van der Waals surface area contributed by atoms with Gasteiger partial charge in [0, 0.05) is 12.7 Å². The summed E-state index contributed by atoms with van der Waals surface area (Å²) in [4.78, 5) is 12.2. The van der Waals surface area contributed by atoms with Gasteiger partial charge in [0.15, 0.2) is 11.9 Å². The first kappa shape index (κ1) is 23.1. The van der Waals surface area contributed by atoms with Gasteiger partial charge in [-0.25, -0.2) is 9.37 Å². The van der Waals surface area contributed by atoms with Gasteiger partial charge in [-0.05, 0) is 79.3 Å². The standard InChI is InChI=1S/C27H29FN4O3/c1-17-9-21(13-22(28)10-17)26-25(15-33)35-30-27-20(5-4-8-32(26)27)11-19-6-7-23(24(12-19)34-3)31-14-18(2)29-16-31/h6-7,9-14,16,25-26,33H,4-5,8,15H2,1-3H3/b20-11+/t25?,26-/m0/s1. The summed E-state index contributed by atoms with van der Waals surface area (Å²) in [6.45, 7) is 4.35. The second-order valence-corrected chi connectivity index (χ2v) is 9.07. The lowest BCUT2D eigenvalue weighted by atomic mass is 9.92. The lowest BCUT2D eigenvalue weighted by Gasteiger charge is -2.43. The number of fused-ring (bicyclic) bond motifs is 1. The Balaban J connectivity index is 1.50. The maximum absolute atomic E-state index is 14.2. The Kier molecular flexibility index (Phi) is 6.30. The first-order valence-electron chi connectivity index (χ1n) is 11.7. The predicted molar refractivity (Wildman–Crippen MR) is 132 cm³/mol. The number of hydrogen-bond donors (Lipinski definition) is 1. The molecule has 3 heterocycles. The minimum absolute atomic E-state index is 0.209. The Morgan fingerprint density at radius 1 is 1.23 bits per heavy atom. The fourth-order valence-electron chi connectivity index (χ4n) is 4.95. The Bertz CT molecular complexity index is 1280. The maximum atomic E-state index is 14.2. The van der Waals surface area contributed by atoms with E-state index in [1.165, 1.54) is 12.1 Å². The van der Waals surface area contributed by atoms with E-state index in [0.717, 1.165) is 64.6 Å². The van der Waals surface area contributed by atoms with E-state index in [1.54, 1.807) is 13.4 Å². The second-order valence-electron chi connectivity index (χ2n) is 9.07. The van der Waals surface area contributed by atoms with Crippen LogP contribution in [0.2, 0.25) is 0 Å². The van der Waals surface area contributed by atoms with Gasteiger partial charge in [0.1, 0.15) is 11.6 Å². The van der Waals surface area contributed by atoms with Gasteiger partial charge in [-0.15, -0.1) is 0 Å². The summed E-state index contributed by atoms with van der Waals surface area (Å²) in [7, 11) is 1.65. The number of methoxy groups -OCH3 is 1. The van der Waals surface area contributed by atoms with Crippen LogP contribution in [0.5, 0.6) is 5.75 Å². The summed E-state index contributed by atoms with van der Waals surface area (Å²) < 4.78 is 21.9. The van der Waals surface area contributed by atoms with Crippen LogP contribution in [0.3, 0.4) is 0 Å². The number of benzene rings is 2. The number of halogens is 1. The van der Waals surface area contributed by atoms with Crippen molar-refractivity contribution >= 4 is 11.9 Å². The molecule has 2 aromatic carbocycles. The molecule has 5 rings (SSSR count). The van der Waals surface area contributed by atoms with Crippen LogP contribution < -0.4 is 4.74 Å². The van der Waals surface area contributed by atoms with Crippen molar-refractivity contribution in [3.63, 3.8) is 0 Å². The molecule has 0 radical (unpaired) electrons. The molecule has 1 fully saturated rings. The van der Waals surface area contributed by atoms with E-state index in [0.29, 0.717) is 0 Å². The lowest BCUT2D eigenvalue weighted by Crippen LogP contribution is -2.49. The van der Waals surface area contributed by atoms with E-state index in [9.17, 15) is 9.50 Å². The number of aliphatic hydroxyl groups is 1. The molecule has 1 aromatic heterocycles. The molecule has 0 spiro atoms. The third-order valence-electron chi connectivity index (χ3n) is 6.49. The third-order valence-corrected chi connectivity index (χ3v) is 6.49. The van der Waals surface area contributed by atoms with Gasteiger partial charge in [0.05, 0.1) is 37.5 Å². The molecular formula is C27H29FN4O3. The quantitative estimate of drug-likeness (QED) is 0.585. The fraction of sp³-hybridized carbons (Fsp3) is 0.333. The van der Waals surface area contributed by atoms with Crippen molar-refractivity contribution in [3.05, 3.63) is 82.7 Å². The monoisotopic (exact) mass is 476 g/mol. The highest BCUT2D eigenvalue weighted by atomic mass is 19.1. The smallest absolute Gasteiger partial charge is 0.174 e. The maximum Gasteiger partial charge on any atom is 0.174 e. The second kappa shape index (κ2) is 9.54. The zero-order valence-electron chi connectivity index (χ0n) is 20.1. The summed E-state index contributed by atoms with van der Waals surface area (Å²) in [5.74, 6) is 1.16. The Morgan fingerprint density at radius 3 is 2.80 bits per heavy atom. The molecule has 0 bridgehead atoms. The Hall–Kier alpha value is -3.65. The van der Waals surface area contributed by atoms with E-state index in [2.05, 4.69) is 21.1 Å². The van der Waals surface area contributed by atoms with Gasteiger partial charge >= 0.3 is 0 Å². The normalized spacial score (nSPS) is 20.9. The zero-order valence-corrected chi connectivity index (χ0v) is 20.1. The van der Waals surface area contributed by atoms with E-state index in [4.69, 9.17) is 9.57 Å². The third kappa shape index (κ3) is 4.53. The molecule has 0 amide bonds. The van der Waals surface area contributed by atoms with E-state index in [-0.39, 0.29) is 18.5 Å². The number of piperidine rings is 1. The van der Waals surface area contributed by atoms with Crippen molar-refractivity contribution < 1.29 is 19.1 Å². The summed E-state index contributed by atoms with van der Waals surface area (Å²) in [5.41, 5.74) is 5.44. The molecule has 8 heteroatoms. The Morgan fingerprint density at radius 2 is 2.09 bits per heavy atom. The number of ether oxygens (including phenoxy) is 1. The minimum Gasteiger partial charge on any atom is -0.495 e. The van der Waals surface area contributed by atoms with E-state index >= 15 is 0 Å². The highest BCUT2D eigenvalue weighted by Gasteiger charge is 2.39. The van der Waals surface area contributed by atoms with Crippen LogP contribution >= 0.6 is 0 Å². The summed E-state index contributed by atoms with van der Waals surface area (Å²) >= 11 is 0. The van der Waals surface area contributed by atoms with Crippen molar-refractivity contribution in [2.24, 2.45) is 5.16 Å². The molecule has 7 nitrogen and oxygen atoms in total. The molecule has 3 aromatic rings. The van der Waals surface area contributed by atoms with Crippen LogP contribution in [0, 0.1) is 19.7 Å². The van der Waals surface area contributed by atoms with Gasteiger partial charge < -0.3 is 24.1 Å². The average Bonchev–Trinajstić information content (AvgIpc) is 3.28. The van der Waals surface area contributed by atoms with Gasteiger partial charge in [0.2, 0.25) is 0 Å². The van der Waals surface area contributed by atoms with E-state index < -0.39 is 6.10 Å². The number of amidine groups is 1. The van der Waals surface area contributed by atoms with Crippen molar-refractivity contribution in [2.45, 2.75) is 38.8 Å². The van der Waals surface area contributed by atoms with Crippen LogP contribution in [0.1, 0.15) is 41.3 Å². The average molecular weight is 477 g/mol. The van der Waals surface area contributed by atoms with Gasteiger partial charge in [-0.1, -0.05) is 17.3 Å². The zero-order chi connectivity index (χ0) is 24.5. The van der Waals surface area contributed by atoms with Crippen molar-refractivity contribution in [1.29, 1.82) is 0 Å². The topological polar surface area (TPSA) is 72.1 Å². The molecular weight excluding hydrogens is 447 g/mol. The number of oxime groups is 1. The molecule has 1 unspecified atom stereocenters. The fourth-order valence-corrected chi connectivity index (χ4v) is 4.95. The number of nitrogens with zero attached hydrogens (tertiary/aromatic N) is 4. The highest BCUT2D eigenvalue weighted by Crippen LogP contribution is 2.37. The van der Waals surface area contributed by atoms with Gasteiger partial charge in [-0.3, -0.25) is 0 Å². The van der Waals surface area contributed by atoms with Crippen molar-refractivity contribution in [3.8, 4) is 11.4 Å². The van der Waals surface area contributed by atoms with Gasteiger partial charge in [-0.2, -0.15) is 0 Å². The Labute approximate surface area is 204 Å². The number of aryl methyl sites for hydroxylation is 2. The first-order valence-corrected chi connectivity index (χ1v) is 11.7. The molecule has 2 atom stereocenters. The van der Waals surface area contributed by atoms with Crippen molar-refractivity contribution in [1.82, 2.24) is 14.5 Å². The molecule has 35 heavy (non-hydrogen) atoms. The number of rotatable bonds is 5. The highest BCUT2D eigenvalue weighted by molar-refractivity contribution is 6.03. The van der Waals surface area contributed by atoms with Crippen LogP contribution in [0.25, 0.3) is 11.8 Å². The van der Waals surface area contributed by atoms with Gasteiger partial charge in [0.25, 0.3) is 0 Å². The molecule has 1 saturated heterocycles. The van der Waals surface area contributed by atoms with Crippen LogP contribution in [-0.2, 0) is 4.84 Å². The molecule has 2 aliphatic rings. The number of hydrogen-bond acceptors (Lipinski definition) is 6. The first-order chi connectivity index (χ1) is 17.0. The van der Waals surface area contributed by atoms with Crippen molar-refractivity contribution in [2.75, 3.05) is 20.3 Å². The summed E-state index contributed by atoms with van der Waals surface area (Å²) in [5, 5.41) is 14.4. The summed E-state index contributed by atoms with van der Waals surface area (Å²) in [6, 6.07) is 10.7. The number of aliphatic hydroxyl groups excluding tert-OH is 1. The van der Waals surface area contributed by atoms with Crippen LogP contribution in [0.4, 0.5) is 4.39 Å². The van der Waals surface area contributed by atoms with Crippen LogP contribution in [0.15, 0.2) is 59.7 Å². The molecule has 0 aliphatic carbocycles. The summed E-state index contributed by atoms with van der Waals surface area (Å²) in [6.07, 6.45) is 6.99. The van der Waals surface area contributed by atoms with E-state index in [1.807, 2.05) is 48.9 Å². The minimum atomic E-state index is -0.572. The van der Waals surface area contributed by atoms with Crippen LogP contribution in [-0.4, -0.2) is 51.8 Å². The molecule has 182 valence electrons. The number of aromatic nitrogens is 2. The molecule has 1 N–H and O–H groups in total. The lowest BCUT2D eigenvalue weighted by molar-refractivity contribution is -0.0497. The molecule has 2 aliphatic heterocycles.